The van der Waals surface area contributed by atoms with Crippen LogP contribution in [0, 0.1) is 13.8 Å². The first kappa shape index (κ1) is 19.4. The predicted molar refractivity (Wildman–Crippen MR) is 110 cm³/mol. The van der Waals surface area contributed by atoms with Gasteiger partial charge in [0.2, 0.25) is 11.8 Å². The minimum atomic E-state index is -0.601. The number of benzene rings is 2. The molecule has 2 amide bonds. The Bertz CT molecular complexity index is 1030. The van der Waals surface area contributed by atoms with Crippen LogP contribution < -0.4 is 16.4 Å². The molecule has 0 unspecified atom stereocenters. The van der Waals surface area contributed by atoms with Gasteiger partial charge in [-0.2, -0.15) is 5.10 Å². The van der Waals surface area contributed by atoms with E-state index in [9.17, 15) is 9.59 Å². The second kappa shape index (κ2) is 8.14. The number of nitrogens with one attached hydrogen (secondary N) is 2. The Morgan fingerprint density at radius 3 is 2.50 bits per heavy atom. The van der Waals surface area contributed by atoms with Crippen molar-refractivity contribution in [1.82, 2.24) is 9.78 Å². The zero-order chi connectivity index (χ0) is 20.3. The van der Waals surface area contributed by atoms with E-state index >= 15 is 0 Å². The molecule has 0 aliphatic rings. The van der Waals surface area contributed by atoms with E-state index in [0.717, 1.165) is 17.1 Å². The van der Waals surface area contributed by atoms with E-state index in [2.05, 4.69) is 15.7 Å². The average molecular weight is 398 g/mol. The lowest BCUT2D eigenvalue weighted by atomic mass is 10.2. The Morgan fingerprint density at radius 2 is 1.86 bits per heavy atom. The van der Waals surface area contributed by atoms with Gasteiger partial charge in [0.1, 0.15) is 0 Å². The summed E-state index contributed by atoms with van der Waals surface area (Å²) in [6.45, 7) is 3.78. The monoisotopic (exact) mass is 397 g/mol. The van der Waals surface area contributed by atoms with Gasteiger partial charge in [0, 0.05) is 5.69 Å². The summed E-state index contributed by atoms with van der Waals surface area (Å²) in [6.07, 6.45) is 0. The highest BCUT2D eigenvalue weighted by atomic mass is 35.5. The van der Waals surface area contributed by atoms with Crippen LogP contribution >= 0.6 is 11.6 Å². The minimum absolute atomic E-state index is 0.0294. The average Bonchev–Trinajstić information content (AvgIpc) is 2.95. The molecule has 0 aliphatic carbocycles. The third-order valence-corrected chi connectivity index (χ3v) is 4.56. The van der Waals surface area contributed by atoms with Gasteiger partial charge in [-0.25, -0.2) is 4.68 Å². The van der Waals surface area contributed by atoms with Gasteiger partial charge in [-0.15, -0.1) is 0 Å². The fraction of sp³-hybridized carbons (Fsp3) is 0.150. The number of carbonyl (C=O) groups excluding carboxylic acids is 2. The highest BCUT2D eigenvalue weighted by molar-refractivity contribution is 6.34. The number of nitrogens with two attached hydrogens (primary N) is 1. The molecular weight excluding hydrogens is 378 g/mol. The second-order valence-electron chi connectivity index (χ2n) is 6.25. The number of para-hydroxylation sites is 1. The van der Waals surface area contributed by atoms with Gasteiger partial charge in [-0.1, -0.05) is 29.8 Å². The molecule has 0 aliphatic heterocycles. The number of primary amides is 1. The number of anilines is 2. The number of aryl methyl sites for hydroxylation is 1. The largest absolute Gasteiger partial charge is 0.376 e. The summed E-state index contributed by atoms with van der Waals surface area (Å²) in [5, 5.41) is 10.6. The number of rotatable bonds is 6. The van der Waals surface area contributed by atoms with Gasteiger partial charge >= 0.3 is 0 Å². The number of nitrogens with zero attached hydrogens (tertiary/aromatic N) is 2. The lowest BCUT2D eigenvalue weighted by Crippen LogP contribution is -2.22. The van der Waals surface area contributed by atoms with Crippen LogP contribution in [0.25, 0.3) is 5.69 Å². The Balaban J connectivity index is 1.68. The number of halogens is 1. The van der Waals surface area contributed by atoms with Gasteiger partial charge in [0.05, 0.1) is 39.9 Å². The lowest BCUT2D eigenvalue weighted by Gasteiger charge is -2.10. The zero-order valence-electron chi connectivity index (χ0n) is 15.5. The SMILES string of the molecule is Cc1nn(-c2ccccc2)c(C)c1NC(=O)CNc1ccc(C(N)=O)c(Cl)c1. The van der Waals surface area contributed by atoms with E-state index in [-0.39, 0.29) is 23.0 Å². The molecule has 0 saturated heterocycles. The van der Waals surface area contributed by atoms with Crippen LogP contribution in [0.4, 0.5) is 11.4 Å². The van der Waals surface area contributed by atoms with E-state index in [1.807, 2.05) is 44.2 Å². The van der Waals surface area contributed by atoms with E-state index in [4.69, 9.17) is 17.3 Å². The highest BCUT2D eigenvalue weighted by Gasteiger charge is 2.15. The summed E-state index contributed by atoms with van der Waals surface area (Å²) in [7, 11) is 0. The highest BCUT2D eigenvalue weighted by Crippen LogP contribution is 2.23. The number of carbonyl (C=O) groups is 2. The molecule has 8 heteroatoms. The van der Waals surface area contributed by atoms with Gasteiger partial charge in [0.25, 0.3) is 0 Å². The number of amides is 2. The maximum Gasteiger partial charge on any atom is 0.250 e. The van der Waals surface area contributed by atoms with Gasteiger partial charge in [0.15, 0.2) is 0 Å². The van der Waals surface area contributed by atoms with Crippen molar-refractivity contribution in [1.29, 1.82) is 0 Å². The molecule has 144 valence electrons. The van der Waals surface area contributed by atoms with Crippen molar-refractivity contribution < 1.29 is 9.59 Å². The predicted octanol–water partition coefficient (Wildman–Crippen LogP) is 3.29. The van der Waals surface area contributed by atoms with Crippen LogP contribution in [0.5, 0.6) is 0 Å². The first-order chi connectivity index (χ1) is 13.4. The fourth-order valence-electron chi connectivity index (χ4n) is 2.84. The maximum absolute atomic E-state index is 12.4. The molecule has 3 aromatic rings. The standard InChI is InChI=1S/C20H20ClN5O2/c1-12-19(13(2)26(25-12)15-6-4-3-5-7-15)24-18(27)11-23-14-8-9-16(20(22)28)17(21)10-14/h3-10,23H,11H2,1-2H3,(H2,22,28)(H,24,27). The molecule has 0 bridgehead atoms. The molecular formula is C20H20ClN5O2. The van der Waals surface area contributed by atoms with Crippen molar-refractivity contribution in [3.05, 3.63) is 70.5 Å². The third-order valence-electron chi connectivity index (χ3n) is 4.24. The van der Waals surface area contributed by atoms with E-state index < -0.39 is 5.91 Å². The Hall–Kier alpha value is -3.32. The first-order valence-electron chi connectivity index (χ1n) is 8.61. The second-order valence-corrected chi connectivity index (χ2v) is 6.66. The van der Waals surface area contributed by atoms with Crippen LogP contribution in [0.1, 0.15) is 21.7 Å². The molecule has 0 spiro atoms. The van der Waals surface area contributed by atoms with Crippen LogP contribution in [-0.2, 0) is 4.79 Å². The maximum atomic E-state index is 12.4. The van der Waals surface area contributed by atoms with E-state index in [1.165, 1.54) is 6.07 Å². The van der Waals surface area contributed by atoms with Crippen molar-refractivity contribution in [2.45, 2.75) is 13.8 Å². The smallest absolute Gasteiger partial charge is 0.250 e. The molecule has 3 rings (SSSR count). The molecule has 0 atom stereocenters. The third kappa shape index (κ3) is 4.15. The number of aromatic nitrogens is 2. The van der Waals surface area contributed by atoms with Crippen molar-refractivity contribution in [3.8, 4) is 5.69 Å². The first-order valence-corrected chi connectivity index (χ1v) is 8.99. The summed E-state index contributed by atoms with van der Waals surface area (Å²) in [6, 6.07) is 14.4. The quantitative estimate of drug-likeness (QED) is 0.593. The van der Waals surface area contributed by atoms with Crippen molar-refractivity contribution in [2.24, 2.45) is 5.73 Å². The van der Waals surface area contributed by atoms with Gasteiger partial charge in [-0.3, -0.25) is 9.59 Å². The fourth-order valence-corrected chi connectivity index (χ4v) is 3.11. The topological polar surface area (TPSA) is 102 Å². The zero-order valence-corrected chi connectivity index (χ0v) is 16.2. The van der Waals surface area contributed by atoms with Crippen LogP contribution in [0.15, 0.2) is 48.5 Å². The molecule has 4 N–H and O–H groups in total. The van der Waals surface area contributed by atoms with Crippen molar-refractivity contribution in [3.63, 3.8) is 0 Å². The van der Waals surface area contributed by atoms with Crippen LogP contribution in [0.2, 0.25) is 5.02 Å². The van der Waals surface area contributed by atoms with Gasteiger partial charge < -0.3 is 16.4 Å². The molecule has 1 heterocycles. The summed E-state index contributed by atoms with van der Waals surface area (Å²) >= 11 is 6.02. The molecule has 2 aromatic carbocycles. The molecule has 7 nitrogen and oxygen atoms in total. The lowest BCUT2D eigenvalue weighted by molar-refractivity contribution is -0.114. The molecule has 0 radical (unpaired) electrons. The summed E-state index contributed by atoms with van der Waals surface area (Å²) in [5.41, 5.74) is 9.24. The number of hydrogen-bond acceptors (Lipinski definition) is 4. The van der Waals surface area contributed by atoms with Crippen molar-refractivity contribution >= 4 is 34.8 Å². The number of hydrogen-bond donors (Lipinski definition) is 3. The minimum Gasteiger partial charge on any atom is -0.376 e. The molecule has 0 fully saturated rings. The van der Waals surface area contributed by atoms with Crippen LogP contribution in [-0.4, -0.2) is 28.1 Å². The van der Waals surface area contributed by atoms with Crippen LogP contribution in [0.3, 0.4) is 0 Å². The normalized spacial score (nSPS) is 10.5. The molecule has 28 heavy (non-hydrogen) atoms. The van der Waals surface area contributed by atoms with E-state index in [0.29, 0.717) is 11.4 Å². The summed E-state index contributed by atoms with van der Waals surface area (Å²) < 4.78 is 1.79. The van der Waals surface area contributed by atoms with Gasteiger partial charge in [-0.05, 0) is 44.2 Å². The van der Waals surface area contributed by atoms with E-state index in [1.54, 1.807) is 16.8 Å². The summed E-state index contributed by atoms with van der Waals surface area (Å²) in [4.78, 5) is 23.6. The Labute approximate surface area is 167 Å². The Morgan fingerprint density at radius 1 is 1.14 bits per heavy atom. The van der Waals surface area contributed by atoms with Crippen molar-refractivity contribution in [2.75, 3.05) is 17.2 Å². The molecule has 1 aromatic heterocycles. The Kier molecular flexibility index (Phi) is 5.65. The molecule has 0 saturated carbocycles. The summed E-state index contributed by atoms with van der Waals surface area (Å²) in [5.74, 6) is -0.829.